The van der Waals surface area contributed by atoms with Crippen LogP contribution in [0, 0.1) is 10.4 Å². The van der Waals surface area contributed by atoms with E-state index in [1.165, 1.54) is 13.3 Å². The Balaban J connectivity index is 3.00. The van der Waals surface area contributed by atoms with Crippen molar-refractivity contribution < 1.29 is 9.89 Å². The molecule has 0 radical (unpaired) electrons. The van der Waals surface area contributed by atoms with E-state index in [4.69, 9.17) is 0 Å². The molecule has 1 aromatic rings. The maximum Gasteiger partial charge on any atom is 0.191 e. The molecule has 1 aromatic carbocycles. The maximum absolute atomic E-state index is 11.0. The van der Waals surface area contributed by atoms with Crippen molar-refractivity contribution >= 4 is 11.9 Å². The molecule has 0 aliphatic rings. The first-order valence-corrected chi connectivity index (χ1v) is 4.21. The monoisotopic (exact) mass is 192 g/mol. The zero-order valence-corrected chi connectivity index (χ0v) is 8.15. The van der Waals surface area contributed by atoms with Crippen LogP contribution in [0.5, 0.6) is 0 Å². The second-order valence-electron chi connectivity index (χ2n) is 2.97. The first kappa shape index (κ1) is 10.2. The lowest BCUT2D eigenvalue weighted by Crippen LogP contribution is -2.60. The molecular formula is C10H12N2O2. The van der Waals surface area contributed by atoms with Crippen molar-refractivity contribution in [1.29, 1.82) is 0 Å². The standard InChI is InChI=1S/C10H12N2O2/c1-8(12(2)14)10-5-3-9(4-6-10)7-11-13/h3-7,11H,1-2H3. The van der Waals surface area contributed by atoms with Gasteiger partial charge in [0.25, 0.3) is 0 Å². The minimum absolute atomic E-state index is 0.645. The zero-order valence-electron chi connectivity index (χ0n) is 8.15. The molecule has 0 amide bonds. The van der Waals surface area contributed by atoms with Crippen molar-refractivity contribution in [3.8, 4) is 0 Å². The summed E-state index contributed by atoms with van der Waals surface area (Å²) in [6, 6.07) is 7.14. The first-order chi connectivity index (χ1) is 6.65. The van der Waals surface area contributed by atoms with Gasteiger partial charge in [-0.3, -0.25) is 0 Å². The molecule has 14 heavy (non-hydrogen) atoms. The number of hydrogen-bond acceptors (Lipinski definition) is 2. The van der Waals surface area contributed by atoms with Crippen molar-refractivity contribution in [2.45, 2.75) is 6.92 Å². The van der Waals surface area contributed by atoms with Crippen LogP contribution in [0.2, 0.25) is 0 Å². The molecule has 4 nitrogen and oxygen atoms in total. The van der Waals surface area contributed by atoms with Gasteiger partial charge in [0.1, 0.15) is 7.05 Å². The second kappa shape index (κ2) is 4.41. The van der Waals surface area contributed by atoms with Gasteiger partial charge in [0.15, 0.2) is 11.9 Å². The van der Waals surface area contributed by atoms with Gasteiger partial charge in [0, 0.05) is 18.1 Å². The normalized spacial score (nSPS) is 13.0. The summed E-state index contributed by atoms with van der Waals surface area (Å²) < 4.78 is 0.810. The zero-order chi connectivity index (χ0) is 10.6. The van der Waals surface area contributed by atoms with E-state index in [1.807, 2.05) is 0 Å². The summed E-state index contributed by atoms with van der Waals surface area (Å²) in [5, 5.41) is 22.7. The molecule has 0 spiro atoms. The van der Waals surface area contributed by atoms with Gasteiger partial charge in [0.05, 0.1) is 0 Å². The van der Waals surface area contributed by atoms with Gasteiger partial charge in [-0.05, 0) is 24.3 Å². The molecule has 74 valence electrons. The fourth-order valence-corrected chi connectivity index (χ4v) is 1.07. The Morgan fingerprint density at radius 2 is 1.93 bits per heavy atom. The molecule has 0 saturated heterocycles. The molecule has 4 heteroatoms. The Labute approximate surface area is 82.4 Å². The molecule has 0 unspecified atom stereocenters. The summed E-state index contributed by atoms with van der Waals surface area (Å²) in [5.74, 6) is 0. The summed E-state index contributed by atoms with van der Waals surface area (Å²) in [4.78, 5) is 0. The van der Waals surface area contributed by atoms with E-state index < -0.39 is 0 Å². The lowest BCUT2D eigenvalue weighted by Gasteiger charge is -2.02. The van der Waals surface area contributed by atoms with Crippen LogP contribution in [0.4, 0.5) is 0 Å². The van der Waals surface area contributed by atoms with E-state index in [9.17, 15) is 10.4 Å². The number of benzene rings is 1. The van der Waals surface area contributed by atoms with Gasteiger partial charge in [-0.2, -0.15) is 0 Å². The van der Waals surface area contributed by atoms with Gasteiger partial charge in [-0.1, -0.05) is 0 Å². The molecular weight excluding hydrogens is 180 g/mol. The van der Waals surface area contributed by atoms with Gasteiger partial charge in [-0.15, -0.1) is 0 Å². The smallest absolute Gasteiger partial charge is 0.191 e. The minimum Gasteiger partial charge on any atom is -0.625 e. The summed E-state index contributed by atoms with van der Waals surface area (Å²) in [6.07, 6.45) is 1.35. The van der Waals surface area contributed by atoms with Gasteiger partial charge >= 0.3 is 0 Å². The van der Waals surface area contributed by atoms with E-state index in [1.54, 1.807) is 36.3 Å². The van der Waals surface area contributed by atoms with Gasteiger partial charge in [-0.25, -0.2) is 9.89 Å². The Hall–Kier alpha value is -1.84. The molecule has 1 N–H and O–H groups in total. The molecule has 0 aliphatic carbocycles. The summed E-state index contributed by atoms with van der Waals surface area (Å²) in [7, 11) is 1.45. The van der Waals surface area contributed by atoms with Crippen LogP contribution in [0.25, 0.3) is 0 Å². The number of rotatable bonds is 2. The van der Waals surface area contributed by atoms with Gasteiger partial charge in [0.2, 0.25) is 0 Å². The van der Waals surface area contributed by atoms with Gasteiger partial charge < -0.3 is 10.4 Å². The molecule has 0 atom stereocenters. The summed E-state index contributed by atoms with van der Waals surface area (Å²) in [5.41, 5.74) is 2.28. The second-order valence-corrected chi connectivity index (χ2v) is 2.97. The quantitative estimate of drug-likeness (QED) is 0.301. The predicted molar refractivity (Wildman–Crippen MR) is 55.3 cm³/mol. The number of nitrogens with zero attached hydrogens (tertiary/aromatic N) is 1. The van der Waals surface area contributed by atoms with E-state index in [2.05, 4.69) is 0 Å². The highest BCUT2D eigenvalue weighted by Crippen LogP contribution is 2.03. The molecule has 0 saturated carbocycles. The molecule has 0 bridgehead atoms. The fourth-order valence-electron chi connectivity index (χ4n) is 1.07. The van der Waals surface area contributed by atoms with Crippen LogP contribution in [0.1, 0.15) is 18.1 Å². The third kappa shape index (κ3) is 2.32. The topological polar surface area (TPSA) is 63.1 Å². The first-order valence-electron chi connectivity index (χ1n) is 4.21. The lowest BCUT2D eigenvalue weighted by molar-refractivity contribution is -0.422. The Morgan fingerprint density at radius 1 is 1.36 bits per heavy atom. The van der Waals surface area contributed by atoms with E-state index in [-0.39, 0.29) is 0 Å². The van der Waals surface area contributed by atoms with Crippen LogP contribution >= 0.6 is 0 Å². The Morgan fingerprint density at radius 3 is 2.36 bits per heavy atom. The third-order valence-corrected chi connectivity index (χ3v) is 2.03. The number of hydrogen-bond donors (Lipinski definition) is 1. The third-order valence-electron chi connectivity index (χ3n) is 2.03. The van der Waals surface area contributed by atoms with Crippen molar-refractivity contribution in [2.75, 3.05) is 7.05 Å². The van der Waals surface area contributed by atoms with Crippen LogP contribution < -0.4 is 5.16 Å². The van der Waals surface area contributed by atoms with E-state index in [0.29, 0.717) is 5.71 Å². The van der Waals surface area contributed by atoms with Crippen molar-refractivity contribution in [2.24, 2.45) is 0 Å². The molecule has 0 heterocycles. The average Bonchev–Trinajstić information content (AvgIpc) is 2.18. The van der Waals surface area contributed by atoms with Crippen molar-refractivity contribution in [3.63, 3.8) is 0 Å². The Bertz CT molecular complexity index is 362. The van der Waals surface area contributed by atoms with Crippen molar-refractivity contribution in [1.82, 2.24) is 0 Å². The summed E-state index contributed by atoms with van der Waals surface area (Å²) in [6.45, 7) is 1.75. The number of hydroxylamine groups is 1. The molecule has 0 aliphatic heterocycles. The maximum atomic E-state index is 11.0. The van der Waals surface area contributed by atoms with Crippen molar-refractivity contribution in [3.05, 3.63) is 45.8 Å². The molecule has 1 rings (SSSR count). The fraction of sp³-hybridized carbons (Fsp3) is 0.200. The number of nitrogens with one attached hydrogen (secondary N) is 1. The Kier molecular flexibility index (Phi) is 3.23. The van der Waals surface area contributed by atoms with Crippen LogP contribution in [-0.2, 0) is 0 Å². The highest BCUT2D eigenvalue weighted by Gasteiger charge is 2.03. The summed E-state index contributed by atoms with van der Waals surface area (Å²) >= 11 is 0. The lowest BCUT2D eigenvalue weighted by atomic mass is 10.1. The molecule has 0 aromatic heterocycles. The van der Waals surface area contributed by atoms with Crippen LogP contribution in [-0.4, -0.2) is 23.7 Å². The largest absolute Gasteiger partial charge is 0.625 e. The van der Waals surface area contributed by atoms with E-state index in [0.717, 1.165) is 15.9 Å². The van der Waals surface area contributed by atoms with Crippen LogP contribution in [0.3, 0.4) is 0 Å². The van der Waals surface area contributed by atoms with Crippen LogP contribution in [0.15, 0.2) is 24.3 Å². The SMILES string of the molecule is CC(c1ccc(C=[NH+][O-])cc1)=[N+](C)[O-]. The average molecular weight is 192 g/mol. The minimum atomic E-state index is 0.645. The molecule has 0 fully saturated rings. The highest BCUT2D eigenvalue weighted by molar-refractivity contribution is 5.95. The highest BCUT2D eigenvalue weighted by atomic mass is 16.5. The predicted octanol–water partition coefficient (Wildman–Crippen LogP) is -0.367. The van der Waals surface area contributed by atoms with E-state index >= 15 is 0 Å².